The van der Waals surface area contributed by atoms with Gasteiger partial charge in [0.25, 0.3) is 0 Å². The van der Waals surface area contributed by atoms with Crippen LogP contribution in [-0.4, -0.2) is 34.9 Å². The molecule has 6 heteroatoms. The summed E-state index contributed by atoms with van der Waals surface area (Å²) in [6.07, 6.45) is 2.89. The van der Waals surface area contributed by atoms with E-state index in [1.807, 2.05) is 0 Å². The highest BCUT2D eigenvalue weighted by Gasteiger charge is 2.18. The van der Waals surface area contributed by atoms with Gasteiger partial charge in [0.1, 0.15) is 5.60 Å². The second-order valence-electron chi connectivity index (χ2n) is 4.38. The number of aliphatic hydroxyl groups is 2. The summed E-state index contributed by atoms with van der Waals surface area (Å²) >= 11 is 11.6. The van der Waals surface area contributed by atoms with Crippen LogP contribution >= 0.6 is 23.2 Å². The number of benzene rings is 1. The normalized spacial score (nSPS) is 14.4. The van der Waals surface area contributed by atoms with Crippen LogP contribution in [0.3, 0.4) is 0 Å². The molecule has 0 saturated heterocycles. The average Bonchev–Trinajstić information content (AvgIpc) is 2.38. The van der Waals surface area contributed by atoms with Crippen molar-refractivity contribution in [3.63, 3.8) is 0 Å². The Hall–Kier alpha value is -1.07. The summed E-state index contributed by atoms with van der Waals surface area (Å²) in [6.45, 7) is 0.966. The number of aliphatic hydroxyl groups excluding tert-OH is 1. The van der Waals surface area contributed by atoms with Crippen LogP contribution in [0.25, 0.3) is 6.08 Å². The van der Waals surface area contributed by atoms with Crippen LogP contribution in [0.2, 0.25) is 10.0 Å². The molecule has 0 saturated carbocycles. The van der Waals surface area contributed by atoms with Gasteiger partial charge in [-0.2, -0.15) is 0 Å². The number of amides is 1. The van der Waals surface area contributed by atoms with Gasteiger partial charge >= 0.3 is 0 Å². The molecule has 0 heterocycles. The minimum absolute atomic E-state index is 0.0337. The van der Waals surface area contributed by atoms with Crippen LogP contribution in [0.5, 0.6) is 0 Å². The zero-order chi connectivity index (χ0) is 14.5. The smallest absolute Gasteiger partial charge is 0.244 e. The van der Waals surface area contributed by atoms with Gasteiger partial charge < -0.3 is 15.5 Å². The molecule has 1 rings (SSSR count). The highest BCUT2D eigenvalue weighted by molar-refractivity contribution is 6.42. The molecule has 0 aromatic heterocycles. The van der Waals surface area contributed by atoms with Crippen molar-refractivity contribution in [2.45, 2.75) is 12.5 Å². The molecular formula is C13H15Cl2NO3. The molecule has 0 aliphatic rings. The van der Waals surface area contributed by atoms with Crippen LogP contribution in [-0.2, 0) is 4.79 Å². The number of halogens is 2. The van der Waals surface area contributed by atoms with Crippen LogP contribution < -0.4 is 5.32 Å². The molecule has 1 amide bonds. The van der Waals surface area contributed by atoms with Crippen molar-refractivity contribution < 1.29 is 15.0 Å². The third-order valence-corrected chi connectivity index (χ3v) is 3.09. The minimum atomic E-state index is -1.33. The van der Waals surface area contributed by atoms with Crippen molar-refractivity contribution in [3.05, 3.63) is 39.9 Å². The lowest BCUT2D eigenvalue weighted by Gasteiger charge is -2.19. The maximum absolute atomic E-state index is 11.5. The van der Waals surface area contributed by atoms with Gasteiger partial charge in [-0.25, -0.2) is 0 Å². The summed E-state index contributed by atoms with van der Waals surface area (Å²) in [5, 5.41) is 21.7. The van der Waals surface area contributed by atoms with Gasteiger partial charge in [-0.05, 0) is 30.7 Å². The fraction of sp³-hybridized carbons (Fsp3) is 0.308. The molecule has 0 spiro atoms. The van der Waals surface area contributed by atoms with Gasteiger partial charge in [-0.1, -0.05) is 29.3 Å². The van der Waals surface area contributed by atoms with Crippen LogP contribution in [0.15, 0.2) is 24.3 Å². The van der Waals surface area contributed by atoms with Gasteiger partial charge in [0.15, 0.2) is 0 Å². The van der Waals surface area contributed by atoms with E-state index in [9.17, 15) is 9.90 Å². The van der Waals surface area contributed by atoms with E-state index in [2.05, 4.69) is 5.32 Å². The first kappa shape index (κ1) is 16.0. The zero-order valence-corrected chi connectivity index (χ0v) is 11.9. The molecular weight excluding hydrogens is 289 g/mol. The highest BCUT2D eigenvalue weighted by atomic mass is 35.5. The monoisotopic (exact) mass is 303 g/mol. The van der Waals surface area contributed by atoms with Crippen molar-refractivity contribution >= 4 is 35.2 Å². The van der Waals surface area contributed by atoms with Gasteiger partial charge in [0.05, 0.1) is 16.7 Å². The summed E-state index contributed by atoms with van der Waals surface area (Å²) in [6, 6.07) is 5.00. The molecule has 4 nitrogen and oxygen atoms in total. The van der Waals surface area contributed by atoms with E-state index < -0.39 is 12.2 Å². The molecule has 1 unspecified atom stereocenters. The van der Waals surface area contributed by atoms with Gasteiger partial charge in [-0.3, -0.25) is 4.79 Å². The molecule has 0 aliphatic carbocycles. The van der Waals surface area contributed by atoms with E-state index in [4.69, 9.17) is 28.3 Å². The zero-order valence-electron chi connectivity index (χ0n) is 10.4. The summed E-state index contributed by atoms with van der Waals surface area (Å²) in [5.41, 5.74) is -0.592. The number of carbonyl (C=O) groups is 1. The molecule has 0 aliphatic heterocycles. The Labute approximate surface area is 121 Å². The molecule has 1 aromatic rings. The Kier molecular flexibility index (Phi) is 5.82. The van der Waals surface area contributed by atoms with E-state index in [-0.39, 0.29) is 12.5 Å². The van der Waals surface area contributed by atoms with E-state index in [1.165, 1.54) is 13.0 Å². The Bertz CT molecular complexity index is 487. The SMILES string of the molecule is CC(O)(CO)CNC(=O)C=Cc1ccc(Cl)c(Cl)c1. The first-order valence-electron chi connectivity index (χ1n) is 5.58. The molecule has 1 atom stereocenters. The maximum atomic E-state index is 11.5. The summed E-state index contributed by atoms with van der Waals surface area (Å²) in [5.74, 6) is -0.375. The number of rotatable bonds is 5. The van der Waals surface area contributed by atoms with Crippen LogP contribution in [0, 0.1) is 0 Å². The first-order valence-corrected chi connectivity index (χ1v) is 6.34. The molecule has 0 radical (unpaired) electrons. The number of carbonyl (C=O) groups excluding carboxylic acids is 1. The van der Waals surface area contributed by atoms with Gasteiger partial charge in [-0.15, -0.1) is 0 Å². The third-order valence-electron chi connectivity index (χ3n) is 2.35. The number of hydrogen-bond acceptors (Lipinski definition) is 3. The predicted octanol–water partition coefficient (Wildman–Crippen LogP) is 1.87. The lowest BCUT2D eigenvalue weighted by Crippen LogP contribution is -2.42. The molecule has 0 fully saturated rings. The van der Waals surface area contributed by atoms with Crippen molar-refractivity contribution in [1.29, 1.82) is 0 Å². The highest BCUT2D eigenvalue weighted by Crippen LogP contribution is 2.23. The van der Waals surface area contributed by atoms with Crippen molar-refractivity contribution in [3.8, 4) is 0 Å². The fourth-order valence-corrected chi connectivity index (χ4v) is 1.49. The Morgan fingerprint density at radius 1 is 1.42 bits per heavy atom. The Balaban J connectivity index is 2.56. The summed E-state index contributed by atoms with van der Waals surface area (Å²) in [7, 11) is 0. The van der Waals surface area contributed by atoms with E-state index >= 15 is 0 Å². The maximum Gasteiger partial charge on any atom is 0.244 e. The van der Waals surface area contributed by atoms with Crippen LogP contribution in [0.4, 0.5) is 0 Å². The van der Waals surface area contributed by atoms with E-state index in [0.717, 1.165) is 5.56 Å². The quantitative estimate of drug-likeness (QED) is 0.727. The van der Waals surface area contributed by atoms with E-state index in [0.29, 0.717) is 10.0 Å². The average molecular weight is 304 g/mol. The topological polar surface area (TPSA) is 69.6 Å². The number of hydrogen-bond donors (Lipinski definition) is 3. The fourth-order valence-electron chi connectivity index (χ4n) is 1.18. The second kappa shape index (κ2) is 6.91. The Morgan fingerprint density at radius 3 is 2.68 bits per heavy atom. The van der Waals surface area contributed by atoms with E-state index in [1.54, 1.807) is 24.3 Å². The Morgan fingerprint density at radius 2 is 2.11 bits per heavy atom. The standard InChI is InChI=1S/C13H15Cl2NO3/c1-13(19,8-17)7-16-12(18)5-3-9-2-4-10(14)11(15)6-9/h2-6,17,19H,7-8H2,1H3,(H,16,18). The molecule has 0 bridgehead atoms. The number of nitrogens with one attached hydrogen (secondary N) is 1. The largest absolute Gasteiger partial charge is 0.393 e. The molecule has 1 aromatic carbocycles. The molecule has 19 heavy (non-hydrogen) atoms. The summed E-state index contributed by atoms with van der Waals surface area (Å²) in [4.78, 5) is 11.5. The van der Waals surface area contributed by atoms with Gasteiger partial charge in [0.2, 0.25) is 5.91 Å². The van der Waals surface area contributed by atoms with Crippen molar-refractivity contribution in [1.82, 2.24) is 5.32 Å². The first-order chi connectivity index (χ1) is 8.84. The molecule has 3 N–H and O–H groups in total. The minimum Gasteiger partial charge on any atom is -0.393 e. The van der Waals surface area contributed by atoms with Crippen molar-refractivity contribution in [2.75, 3.05) is 13.2 Å². The lowest BCUT2D eigenvalue weighted by molar-refractivity contribution is -0.117. The summed E-state index contributed by atoms with van der Waals surface area (Å²) < 4.78 is 0. The lowest BCUT2D eigenvalue weighted by atomic mass is 10.1. The second-order valence-corrected chi connectivity index (χ2v) is 5.19. The van der Waals surface area contributed by atoms with Gasteiger partial charge in [0, 0.05) is 12.6 Å². The molecule has 104 valence electrons. The van der Waals surface area contributed by atoms with Crippen molar-refractivity contribution in [2.24, 2.45) is 0 Å². The predicted molar refractivity (Wildman–Crippen MR) is 76.2 cm³/mol. The third kappa shape index (κ3) is 5.61. The van der Waals surface area contributed by atoms with Crippen LogP contribution in [0.1, 0.15) is 12.5 Å².